The predicted octanol–water partition coefficient (Wildman–Crippen LogP) is 5.16. The lowest BCUT2D eigenvalue weighted by Gasteiger charge is -2.19. The number of benzene rings is 2. The maximum absolute atomic E-state index is 12.4. The van der Waals surface area contributed by atoms with E-state index >= 15 is 0 Å². The number of amides is 1. The number of aryl methyl sites for hydroxylation is 1. The molecular formula is C21H26ClNO2S. The Bertz CT molecular complexity index is 736. The first kappa shape index (κ1) is 20.7. The van der Waals surface area contributed by atoms with Crippen LogP contribution in [0, 0.1) is 13.8 Å². The summed E-state index contributed by atoms with van der Waals surface area (Å²) in [6.07, 6.45) is 0.162. The van der Waals surface area contributed by atoms with Gasteiger partial charge in [-0.25, -0.2) is 0 Å². The van der Waals surface area contributed by atoms with Crippen molar-refractivity contribution in [3.8, 4) is 5.75 Å². The van der Waals surface area contributed by atoms with E-state index in [1.54, 1.807) is 11.8 Å². The number of nitrogens with one attached hydrogen (secondary N) is 1. The van der Waals surface area contributed by atoms with E-state index in [2.05, 4.69) is 5.32 Å². The second kappa shape index (κ2) is 10.5. The Morgan fingerprint density at radius 3 is 2.69 bits per heavy atom. The molecule has 0 aliphatic heterocycles. The molecule has 1 atom stereocenters. The Balaban J connectivity index is 1.76. The highest BCUT2D eigenvalue weighted by atomic mass is 35.5. The summed E-state index contributed by atoms with van der Waals surface area (Å²) in [6.45, 7) is 6.63. The summed E-state index contributed by atoms with van der Waals surface area (Å²) < 4.78 is 5.94. The Kier molecular flexibility index (Phi) is 8.33. The molecule has 0 saturated carbocycles. The third kappa shape index (κ3) is 5.96. The molecule has 2 aromatic rings. The van der Waals surface area contributed by atoms with Gasteiger partial charge in [0.25, 0.3) is 5.91 Å². The smallest absolute Gasteiger partial charge is 0.261 e. The van der Waals surface area contributed by atoms with E-state index in [-0.39, 0.29) is 5.91 Å². The van der Waals surface area contributed by atoms with Crippen molar-refractivity contribution in [2.24, 2.45) is 0 Å². The lowest BCUT2D eigenvalue weighted by atomic mass is 10.1. The number of hydrogen-bond donors (Lipinski definition) is 1. The van der Waals surface area contributed by atoms with Crippen molar-refractivity contribution in [1.82, 2.24) is 5.32 Å². The van der Waals surface area contributed by atoms with Gasteiger partial charge in [0.15, 0.2) is 6.10 Å². The highest BCUT2D eigenvalue weighted by molar-refractivity contribution is 7.98. The topological polar surface area (TPSA) is 38.3 Å². The van der Waals surface area contributed by atoms with E-state index in [4.69, 9.17) is 16.3 Å². The van der Waals surface area contributed by atoms with Crippen molar-refractivity contribution in [1.29, 1.82) is 0 Å². The lowest BCUT2D eigenvalue weighted by molar-refractivity contribution is -0.128. The van der Waals surface area contributed by atoms with E-state index in [1.807, 2.05) is 63.2 Å². The molecule has 2 rings (SSSR count). The van der Waals surface area contributed by atoms with Crippen molar-refractivity contribution in [3.63, 3.8) is 0 Å². The average Bonchev–Trinajstić information content (AvgIpc) is 2.64. The SMILES string of the molecule is CC[C@@H](Oc1cccc(C)c1C)C(=O)NCCSCc1ccccc1Cl. The maximum atomic E-state index is 12.4. The lowest BCUT2D eigenvalue weighted by Crippen LogP contribution is -2.39. The van der Waals surface area contributed by atoms with E-state index in [9.17, 15) is 4.79 Å². The monoisotopic (exact) mass is 391 g/mol. The van der Waals surface area contributed by atoms with Gasteiger partial charge in [0.1, 0.15) is 5.75 Å². The summed E-state index contributed by atoms with van der Waals surface area (Å²) >= 11 is 7.90. The zero-order valence-corrected chi connectivity index (χ0v) is 17.1. The number of halogens is 1. The number of rotatable bonds is 9. The predicted molar refractivity (Wildman–Crippen MR) is 111 cm³/mol. The zero-order valence-electron chi connectivity index (χ0n) is 15.5. The van der Waals surface area contributed by atoms with Crippen LogP contribution in [0.4, 0.5) is 0 Å². The summed E-state index contributed by atoms with van der Waals surface area (Å²) in [7, 11) is 0. The third-order valence-electron chi connectivity index (χ3n) is 4.25. The number of carbonyl (C=O) groups excluding carboxylic acids is 1. The van der Waals surface area contributed by atoms with E-state index in [1.165, 1.54) is 0 Å². The maximum Gasteiger partial charge on any atom is 0.261 e. The summed E-state index contributed by atoms with van der Waals surface area (Å²) in [6, 6.07) is 13.7. The van der Waals surface area contributed by atoms with Gasteiger partial charge in [-0.2, -0.15) is 11.8 Å². The molecule has 140 valence electrons. The first-order chi connectivity index (χ1) is 12.5. The Hall–Kier alpha value is -1.65. The standard InChI is InChI=1S/C21H26ClNO2S/c1-4-19(25-20-11-7-8-15(2)16(20)3)21(24)23-12-13-26-14-17-9-5-6-10-18(17)22/h5-11,19H,4,12-14H2,1-3H3,(H,23,24)/t19-/m1/s1. The molecule has 0 saturated heterocycles. The number of thioether (sulfide) groups is 1. The van der Waals surface area contributed by atoms with Crippen molar-refractivity contribution in [2.45, 2.75) is 39.0 Å². The first-order valence-electron chi connectivity index (χ1n) is 8.84. The van der Waals surface area contributed by atoms with Gasteiger partial charge in [0.05, 0.1) is 0 Å². The second-order valence-electron chi connectivity index (χ2n) is 6.15. The molecule has 0 spiro atoms. The fraction of sp³-hybridized carbons (Fsp3) is 0.381. The minimum absolute atomic E-state index is 0.0632. The van der Waals surface area contributed by atoms with Crippen molar-refractivity contribution >= 4 is 29.3 Å². The highest BCUT2D eigenvalue weighted by Crippen LogP contribution is 2.23. The van der Waals surface area contributed by atoms with Crippen molar-refractivity contribution in [3.05, 3.63) is 64.2 Å². The first-order valence-corrected chi connectivity index (χ1v) is 10.4. The van der Waals surface area contributed by atoms with Crippen molar-refractivity contribution < 1.29 is 9.53 Å². The van der Waals surface area contributed by atoms with E-state index < -0.39 is 6.10 Å². The average molecular weight is 392 g/mol. The van der Waals surface area contributed by atoms with Gasteiger partial charge in [-0.15, -0.1) is 0 Å². The summed E-state index contributed by atoms with van der Waals surface area (Å²) in [5.41, 5.74) is 3.36. The number of ether oxygens (including phenoxy) is 1. The molecule has 1 N–H and O–H groups in total. The molecule has 26 heavy (non-hydrogen) atoms. The van der Waals surface area contributed by atoms with Crippen molar-refractivity contribution in [2.75, 3.05) is 12.3 Å². The van der Waals surface area contributed by atoms with E-state index in [0.717, 1.165) is 39.0 Å². The molecule has 0 aliphatic rings. The van der Waals surface area contributed by atoms with Crippen LogP contribution in [0.25, 0.3) is 0 Å². The zero-order chi connectivity index (χ0) is 18.9. The van der Waals surface area contributed by atoms with Crippen LogP contribution in [-0.4, -0.2) is 24.3 Å². The van der Waals surface area contributed by atoms with Gasteiger partial charge in [-0.3, -0.25) is 4.79 Å². The minimum Gasteiger partial charge on any atom is -0.480 e. The molecule has 0 aromatic heterocycles. The fourth-order valence-electron chi connectivity index (χ4n) is 2.49. The molecule has 0 bridgehead atoms. The molecule has 2 aromatic carbocycles. The Morgan fingerprint density at radius 2 is 1.96 bits per heavy atom. The number of carbonyl (C=O) groups is 1. The van der Waals surface area contributed by atoms with Crippen LogP contribution < -0.4 is 10.1 Å². The molecule has 0 fully saturated rings. The molecule has 0 aliphatic carbocycles. The third-order valence-corrected chi connectivity index (χ3v) is 5.63. The van der Waals surface area contributed by atoms with Crippen LogP contribution in [0.15, 0.2) is 42.5 Å². The molecule has 5 heteroatoms. The molecule has 1 amide bonds. The molecule has 3 nitrogen and oxygen atoms in total. The van der Waals surface area contributed by atoms with Gasteiger partial charge in [-0.05, 0) is 49.1 Å². The van der Waals surface area contributed by atoms with Crippen LogP contribution in [0.5, 0.6) is 5.75 Å². The van der Waals surface area contributed by atoms with Crippen LogP contribution in [0.1, 0.15) is 30.0 Å². The molecule has 0 heterocycles. The Morgan fingerprint density at radius 1 is 1.19 bits per heavy atom. The second-order valence-corrected chi connectivity index (χ2v) is 7.66. The molecule has 0 radical (unpaired) electrons. The largest absolute Gasteiger partial charge is 0.480 e. The van der Waals surface area contributed by atoms with Crippen LogP contribution in [0.3, 0.4) is 0 Å². The van der Waals surface area contributed by atoms with Gasteiger partial charge in [-0.1, -0.05) is 48.9 Å². The normalized spacial score (nSPS) is 11.8. The van der Waals surface area contributed by atoms with E-state index in [0.29, 0.717) is 13.0 Å². The van der Waals surface area contributed by atoms with Crippen LogP contribution in [-0.2, 0) is 10.5 Å². The minimum atomic E-state index is -0.468. The molecular weight excluding hydrogens is 366 g/mol. The molecule has 0 unspecified atom stereocenters. The summed E-state index contributed by atoms with van der Waals surface area (Å²) in [4.78, 5) is 12.4. The Labute approximate surface area is 165 Å². The highest BCUT2D eigenvalue weighted by Gasteiger charge is 2.18. The van der Waals surface area contributed by atoms with Crippen LogP contribution in [0.2, 0.25) is 5.02 Å². The van der Waals surface area contributed by atoms with Gasteiger partial charge in [0, 0.05) is 23.1 Å². The quantitative estimate of drug-likeness (QED) is 0.599. The summed E-state index contributed by atoms with van der Waals surface area (Å²) in [5, 5.41) is 3.76. The summed E-state index contributed by atoms with van der Waals surface area (Å²) in [5.74, 6) is 2.38. The van der Waals surface area contributed by atoms with Crippen LogP contribution >= 0.6 is 23.4 Å². The van der Waals surface area contributed by atoms with Gasteiger partial charge in [0.2, 0.25) is 0 Å². The van der Waals surface area contributed by atoms with Gasteiger partial charge >= 0.3 is 0 Å². The fourth-order valence-corrected chi connectivity index (χ4v) is 3.63. The number of hydrogen-bond acceptors (Lipinski definition) is 3. The van der Waals surface area contributed by atoms with Gasteiger partial charge < -0.3 is 10.1 Å².